The predicted octanol–water partition coefficient (Wildman–Crippen LogP) is 0.593. The molecular formula is C18H23N5O3. The van der Waals surface area contributed by atoms with Gasteiger partial charge >= 0.3 is 5.69 Å². The highest BCUT2D eigenvalue weighted by atomic mass is 16.3. The molecule has 0 unspecified atom stereocenters. The lowest BCUT2D eigenvalue weighted by Crippen LogP contribution is -2.42. The third kappa shape index (κ3) is 3.55. The van der Waals surface area contributed by atoms with Crippen molar-refractivity contribution in [3.05, 3.63) is 56.7 Å². The lowest BCUT2D eigenvalue weighted by Gasteiger charge is -2.31. The molecule has 0 atom stereocenters. The number of hydrazone groups is 1. The van der Waals surface area contributed by atoms with Gasteiger partial charge in [-0.1, -0.05) is 25.1 Å². The van der Waals surface area contributed by atoms with Crippen molar-refractivity contribution in [2.24, 2.45) is 5.10 Å². The zero-order valence-corrected chi connectivity index (χ0v) is 15.0. The first kappa shape index (κ1) is 17.9. The second-order valence-corrected chi connectivity index (χ2v) is 6.29. The van der Waals surface area contributed by atoms with Gasteiger partial charge in [-0.05, 0) is 25.6 Å². The van der Waals surface area contributed by atoms with Gasteiger partial charge in [0.2, 0.25) is 5.88 Å². The molecule has 0 radical (unpaired) electrons. The van der Waals surface area contributed by atoms with Crippen LogP contribution in [0.2, 0.25) is 0 Å². The lowest BCUT2D eigenvalue weighted by atomic mass is 10.1. The molecule has 1 saturated heterocycles. The fourth-order valence-corrected chi connectivity index (χ4v) is 2.97. The van der Waals surface area contributed by atoms with Crippen LogP contribution < -0.4 is 11.2 Å². The molecule has 1 aliphatic rings. The fraction of sp³-hybridized carbons (Fsp3) is 0.389. The molecule has 0 aliphatic carbocycles. The van der Waals surface area contributed by atoms with Crippen molar-refractivity contribution in [2.45, 2.75) is 13.3 Å². The smallest absolute Gasteiger partial charge is 0.335 e. The van der Waals surface area contributed by atoms with E-state index in [1.165, 1.54) is 0 Å². The lowest BCUT2D eigenvalue weighted by molar-refractivity contribution is 0.159. The van der Waals surface area contributed by atoms with Gasteiger partial charge in [0.25, 0.3) is 5.56 Å². The van der Waals surface area contributed by atoms with Crippen molar-refractivity contribution in [3.8, 4) is 11.6 Å². The summed E-state index contributed by atoms with van der Waals surface area (Å²) in [6.07, 6.45) is 0.454. The number of hydrogen-bond acceptors (Lipinski definition) is 6. The van der Waals surface area contributed by atoms with Crippen molar-refractivity contribution in [2.75, 3.05) is 33.2 Å². The van der Waals surface area contributed by atoms with Crippen LogP contribution in [0, 0.1) is 0 Å². The normalized spacial score (nSPS) is 16.1. The molecule has 138 valence electrons. The number of likely N-dealkylation sites (N-methyl/N-ethyl adjacent to an activating group) is 1. The van der Waals surface area contributed by atoms with E-state index in [4.69, 9.17) is 0 Å². The molecule has 2 aromatic rings. The van der Waals surface area contributed by atoms with E-state index >= 15 is 0 Å². The fourth-order valence-electron chi connectivity index (χ4n) is 2.97. The number of rotatable bonds is 4. The van der Waals surface area contributed by atoms with Crippen LogP contribution in [-0.2, 0) is 0 Å². The predicted molar refractivity (Wildman–Crippen MR) is 100 cm³/mol. The van der Waals surface area contributed by atoms with Crippen LogP contribution in [0.4, 0.5) is 0 Å². The quantitative estimate of drug-likeness (QED) is 0.781. The highest BCUT2D eigenvalue weighted by Crippen LogP contribution is 2.18. The topological polar surface area (TPSA) is 93.9 Å². The Labute approximate surface area is 151 Å². The van der Waals surface area contributed by atoms with Crippen molar-refractivity contribution in [1.29, 1.82) is 0 Å². The number of nitrogens with zero attached hydrogens (tertiary/aromatic N) is 4. The highest BCUT2D eigenvalue weighted by Gasteiger charge is 2.21. The van der Waals surface area contributed by atoms with Gasteiger partial charge in [-0.25, -0.2) is 9.36 Å². The maximum absolute atomic E-state index is 12.4. The molecule has 3 rings (SSSR count). The second kappa shape index (κ2) is 7.57. The molecule has 0 spiro atoms. The van der Waals surface area contributed by atoms with E-state index in [1.54, 1.807) is 24.3 Å². The summed E-state index contributed by atoms with van der Waals surface area (Å²) in [6, 6.07) is 8.69. The van der Waals surface area contributed by atoms with Crippen LogP contribution in [-0.4, -0.2) is 63.5 Å². The minimum absolute atomic E-state index is 0.0369. The molecule has 2 N–H and O–H groups in total. The average molecular weight is 357 g/mol. The molecule has 1 aromatic heterocycles. The largest absolute Gasteiger partial charge is 0.493 e. The number of aromatic hydroxyl groups is 1. The summed E-state index contributed by atoms with van der Waals surface area (Å²) >= 11 is 0. The number of benzene rings is 1. The average Bonchev–Trinajstić information content (AvgIpc) is 2.63. The summed E-state index contributed by atoms with van der Waals surface area (Å²) in [5.74, 6) is -0.389. The van der Waals surface area contributed by atoms with Crippen LogP contribution in [0.15, 0.2) is 45.0 Å². The van der Waals surface area contributed by atoms with E-state index in [0.29, 0.717) is 17.8 Å². The molecule has 1 aromatic carbocycles. The number of aromatic nitrogens is 2. The molecular weight excluding hydrogens is 334 g/mol. The molecule has 1 fully saturated rings. The number of aromatic amines is 1. The zero-order valence-electron chi connectivity index (χ0n) is 15.0. The Morgan fingerprint density at radius 2 is 1.81 bits per heavy atom. The Bertz CT molecular complexity index is 909. The summed E-state index contributed by atoms with van der Waals surface area (Å²) in [5, 5.41) is 17.2. The van der Waals surface area contributed by atoms with E-state index in [-0.39, 0.29) is 11.4 Å². The minimum atomic E-state index is -0.683. The van der Waals surface area contributed by atoms with E-state index in [2.05, 4.69) is 15.0 Å². The van der Waals surface area contributed by atoms with Gasteiger partial charge in [-0.15, -0.1) is 0 Å². The van der Waals surface area contributed by atoms with Gasteiger partial charge in [0.1, 0.15) is 5.56 Å². The van der Waals surface area contributed by atoms with Crippen LogP contribution in [0.3, 0.4) is 0 Å². The number of H-pyrrole nitrogens is 1. The van der Waals surface area contributed by atoms with Gasteiger partial charge in [0.05, 0.1) is 11.4 Å². The summed E-state index contributed by atoms with van der Waals surface area (Å²) in [5.41, 5.74) is -0.345. The maximum Gasteiger partial charge on any atom is 0.335 e. The maximum atomic E-state index is 12.4. The van der Waals surface area contributed by atoms with E-state index in [9.17, 15) is 14.7 Å². The van der Waals surface area contributed by atoms with Crippen LogP contribution >= 0.6 is 0 Å². The molecule has 0 saturated carbocycles. The van der Waals surface area contributed by atoms with Crippen LogP contribution in [0.5, 0.6) is 5.88 Å². The Morgan fingerprint density at radius 1 is 1.15 bits per heavy atom. The monoisotopic (exact) mass is 357 g/mol. The molecule has 2 heterocycles. The van der Waals surface area contributed by atoms with Crippen molar-refractivity contribution in [3.63, 3.8) is 0 Å². The first-order valence-electron chi connectivity index (χ1n) is 8.66. The van der Waals surface area contributed by atoms with E-state index in [1.807, 2.05) is 25.0 Å². The number of nitrogens with one attached hydrogen (secondary N) is 1. The van der Waals surface area contributed by atoms with Gasteiger partial charge in [-0.2, -0.15) is 5.10 Å². The van der Waals surface area contributed by atoms with Crippen LogP contribution in [0.1, 0.15) is 18.9 Å². The Kier molecular flexibility index (Phi) is 5.22. The third-order valence-electron chi connectivity index (χ3n) is 4.47. The Hall–Kier alpha value is -2.87. The highest BCUT2D eigenvalue weighted by molar-refractivity contribution is 6.01. The van der Waals surface area contributed by atoms with Crippen molar-refractivity contribution in [1.82, 2.24) is 19.5 Å². The van der Waals surface area contributed by atoms with Crippen molar-refractivity contribution < 1.29 is 5.11 Å². The summed E-state index contributed by atoms with van der Waals surface area (Å²) in [6.45, 7) is 5.12. The standard InChI is InChI=1S/C18H23N5O3/c1-3-14(20-22-11-9-21(2)10-12-22)15-16(24)19-18(26)23(17(15)25)13-7-5-4-6-8-13/h4-8,25H,3,9-12H2,1-2H3,(H,19,24,26). The number of piperazine rings is 1. The number of para-hydroxylation sites is 1. The summed E-state index contributed by atoms with van der Waals surface area (Å²) in [4.78, 5) is 29.1. The molecule has 26 heavy (non-hydrogen) atoms. The summed E-state index contributed by atoms with van der Waals surface area (Å²) in [7, 11) is 2.05. The molecule has 0 bridgehead atoms. The summed E-state index contributed by atoms with van der Waals surface area (Å²) < 4.78 is 1.09. The van der Waals surface area contributed by atoms with Crippen LogP contribution in [0.25, 0.3) is 5.69 Å². The van der Waals surface area contributed by atoms with E-state index < -0.39 is 11.2 Å². The first-order valence-corrected chi connectivity index (χ1v) is 8.66. The Morgan fingerprint density at radius 3 is 2.42 bits per heavy atom. The number of hydrogen-bond donors (Lipinski definition) is 2. The zero-order chi connectivity index (χ0) is 18.7. The minimum Gasteiger partial charge on any atom is -0.493 e. The molecule has 1 aliphatic heterocycles. The van der Waals surface area contributed by atoms with E-state index in [0.717, 1.165) is 30.7 Å². The van der Waals surface area contributed by atoms with Gasteiger partial charge < -0.3 is 10.0 Å². The molecule has 8 heteroatoms. The Balaban J connectivity index is 2.09. The SMILES string of the molecule is CCC(=NN1CCN(C)CC1)c1c(O)n(-c2ccccc2)c(=O)[nH]c1=O. The van der Waals surface area contributed by atoms with Gasteiger partial charge in [-0.3, -0.25) is 14.8 Å². The van der Waals surface area contributed by atoms with Crippen molar-refractivity contribution >= 4 is 5.71 Å². The molecule has 8 nitrogen and oxygen atoms in total. The van der Waals surface area contributed by atoms with Gasteiger partial charge in [0, 0.05) is 26.2 Å². The second-order valence-electron chi connectivity index (χ2n) is 6.29. The molecule has 0 amide bonds. The van der Waals surface area contributed by atoms with Gasteiger partial charge in [0.15, 0.2) is 0 Å². The third-order valence-corrected chi connectivity index (χ3v) is 4.47. The first-order chi connectivity index (χ1) is 12.5.